The van der Waals surface area contributed by atoms with Crippen LogP contribution in [0.1, 0.15) is 31.8 Å². The van der Waals surface area contributed by atoms with Crippen LogP contribution in [-0.4, -0.2) is 46.1 Å². The van der Waals surface area contributed by atoms with E-state index in [9.17, 15) is 24.3 Å². The number of pyridine rings is 1. The Morgan fingerprint density at radius 1 is 0.794 bits per heavy atom. The van der Waals surface area contributed by atoms with Gasteiger partial charge in [-0.05, 0) is 50.2 Å². The molecule has 0 spiro atoms. The van der Waals surface area contributed by atoms with Crippen molar-refractivity contribution in [1.82, 2.24) is 4.98 Å². The van der Waals surface area contributed by atoms with Gasteiger partial charge in [-0.25, -0.2) is 14.4 Å². The first-order chi connectivity index (χ1) is 16.2. The molecule has 2 aromatic carbocycles. The summed E-state index contributed by atoms with van der Waals surface area (Å²) in [6, 6.07) is 15.5. The third-order valence-corrected chi connectivity index (χ3v) is 4.75. The Bertz CT molecular complexity index is 1180. The fourth-order valence-corrected chi connectivity index (χ4v) is 2.89. The molecule has 0 saturated carbocycles. The number of nitrogens with zero attached hydrogens (tertiary/aromatic N) is 1. The number of carbonyl (C=O) groups excluding carboxylic acids is 3. The molecule has 0 unspecified atom stereocenters. The Hall–Kier alpha value is -4.53. The number of aryl methyl sites for hydroxylation is 2. The molecule has 9 heteroatoms. The van der Waals surface area contributed by atoms with Gasteiger partial charge < -0.3 is 19.9 Å². The zero-order chi connectivity index (χ0) is 24.7. The van der Waals surface area contributed by atoms with Gasteiger partial charge in [-0.2, -0.15) is 0 Å². The fraction of sp³-hybridized carbons (Fsp3) is 0.160. The van der Waals surface area contributed by atoms with E-state index in [-0.39, 0.29) is 16.8 Å². The molecule has 1 heterocycles. The second kappa shape index (κ2) is 10.9. The maximum absolute atomic E-state index is 13.0. The SMILES string of the molecule is Cc1ccc(C(=O)O[C@H](C(=O)Nc2cccnc2)[C@@H](OC(=O)c2ccc(C)cc2)C(=O)O)cc1. The van der Waals surface area contributed by atoms with Gasteiger partial charge in [0.05, 0.1) is 23.0 Å². The van der Waals surface area contributed by atoms with Crippen molar-refractivity contribution in [1.29, 1.82) is 0 Å². The van der Waals surface area contributed by atoms with Crippen molar-refractivity contribution in [3.8, 4) is 0 Å². The Kier molecular flexibility index (Phi) is 7.71. The highest BCUT2D eigenvalue weighted by Gasteiger charge is 2.41. The number of esters is 2. The number of aromatic nitrogens is 1. The minimum absolute atomic E-state index is 0.0770. The number of carboxylic acid groups (broad SMARTS) is 1. The number of hydrogen-bond acceptors (Lipinski definition) is 7. The molecule has 0 bridgehead atoms. The number of aliphatic carboxylic acids is 1. The normalized spacial score (nSPS) is 12.2. The monoisotopic (exact) mass is 462 g/mol. The molecule has 0 fully saturated rings. The topological polar surface area (TPSA) is 132 Å². The number of carboxylic acids is 1. The average molecular weight is 462 g/mol. The van der Waals surface area contributed by atoms with E-state index >= 15 is 0 Å². The van der Waals surface area contributed by atoms with Crippen LogP contribution in [0.4, 0.5) is 5.69 Å². The molecular formula is C25H22N2O7. The zero-order valence-corrected chi connectivity index (χ0v) is 18.4. The maximum Gasteiger partial charge on any atom is 0.349 e. The lowest BCUT2D eigenvalue weighted by Gasteiger charge is -2.23. The van der Waals surface area contributed by atoms with Crippen molar-refractivity contribution in [3.05, 3.63) is 95.3 Å². The number of rotatable bonds is 8. The third-order valence-electron chi connectivity index (χ3n) is 4.75. The van der Waals surface area contributed by atoms with Gasteiger partial charge in [0.1, 0.15) is 0 Å². The number of anilines is 1. The van der Waals surface area contributed by atoms with Crippen molar-refractivity contribution in [2.24, 2.45) is 0 Å². The predicted molar refractivity (Wildman–Crippen MR) is 121 cm³/mol. The van der Waals surface area contributed by atoms with Crippen molar-refractivity contribution >= 4 is 29.5 Å². The molecule has 3 aromatic rings. The van der Waals surface area contributed by atoms with Gasteiger partial charge in [0.2, 0.25) is 12.2 Å². The van der Waals surface area contributed by atoms with E-state index in [4.69, 9.17) is 9.47 Å². The van der Waals surface area contributed by atoms with Crippen LogP contribution in [0.3, 0.4) is 0 Å². The molecule has 0 radical (unpaired) electrons. The molecule has 9 nitrogen and oxygen atoms in total. The average Bonchev–Trinajstić information content (AvgIpc) is 2.82. The van der Waals surface area contributed by atoms with E-state index in [1.165, 1.54) is 42.7 Å². The Balaban J connectivity index is 1.89. The summed E-state index contributed by atoms with van der Waals surface area (Å²) < 4.78 is 10.4. The van der Waals surface area contributed by atoms with Crippen LogP contribution in [0, 0.1) is 13.8 Å². The highest BCUT2D eigenvalue weighted by atomic mass is 16.6. The van der Waals surface area contributed by atoms with Crippen molar-refractivity contribution in [2.75, 3.05) is 5.32 Å². The van der Waals surface area contributed by atoms with Gasteiger partial charge >= 0.3 is 17.9 Å². The largest absolute Gasteiger partial charge is 0.478 e. The molecule has 34 heavy (non-hydrogen) atoms. The van der Waals surface area contributed by atoms with Gasteiger partial charge in [0.15, 0.2) is 0 Å². The zero-order valence-electron chi connectivity index (χ0n) is 18.4. The molecule has 0 aliphatic heterocycles. The van der Waals surface area contributed by atoms with Crippen LogP contribution in [0.5, 0.6) is 0 Å². The highest BCUT2D eigenvalue weighted by Crippen LogP contribution is 2.16. The fourth-order valence-electron chi connectivity index (χ4n) is 2.89. The van der Waals surface area contributed by atoms with Crippen LogP contribution in [0.15, 0.2) is 73.1 Å². The van der Waals surface area contributed by atoms with E-state index in [1.54, 1.807) is 30.3 Å². The van der Waals surface area contributed by atoms with E-state index in [0.29, 0.717) is 0 Å². The van der Waals surface area contributed by atoms with Crippen LogP contribution in [0.2, 0.25) is 0 Å². The van der Waals surface area contributed by atoms with Gasteiger partial charge in [-0.3, -0.25) is 9.78 Å². The summed E-state index contributed by atoms with van der Waals surface area (Å²) in [5, 5.41) is 12.2. The van der Waals surface area contributed by atoms with E-state index in [0.717, 1.165) is 11.1 Å². The van der Waals surface area contributed by atoms with Gasteiger partial charge in [-0.15, -0.1) is 0 Å². The second-order valence-corrected chi connectivity index (χ2v) is 7.45. The summed E-state index contributed by atoms with van der Waals surface area (Å²) in [7, 11) is 0. The summed E-state index contributed by atoms with van der Waals surface area (Å²) in [6.45, 7) is 3.64. The molecule has 2 atom stereocenters. The third kappa shape index (κ3) is 6.26. The first kappa shape index (κ1) is 24.1. The van der Waals surface area contributed by atoms with Gasteiger partial charge in [-0.1, -0.05) is 35.4 Å². The number of benzene rings is 2. The number of hydrogen-bond donors (Lipinski definition) is 2. The lowest BCUT2D eigenvalue weighted by atomic mass is 10.1. The number of amides is 1. The molecule has 174 valence electrons. The van der Waals surface area contributed by atoms with Gasteiger partial charge in [0, 0.05) is 6.20 Å². The van der Waals surface area contributed by atoms with Crippen LogP contribution < -0.4 is 5.32 Å². The van der Waals surface area contributed by atoms with Crippen molar-refractivity contribution in [3.63, 3.8) is 0 Å². The Morgan fingerprint density at radius 2 is 1.29 bits per heavy atom. The number of ether oxygens (including phenoxy) is 2. The van der Waals surface area contributed by atoms with Gasteiger partial charge in [0.25, 0.3) is 5.91 Å². The summed E-state index contributed by atoms with van der Waals surface area (Å²) >= 11 is 0. The molecule has 0 aliphatic carbocycles. The first-order valence-electron chi connectivity index (χ1n) is 10.2. The van der Waals surface area contributed by atoms with Crippen molar-refractivity contribution < 1.29 is 33.8 Å². The predicted octanol–water partition coefficient (Wildman–Crippen LogP) is 3.17. The number of nitrogens with one attached hydrogen (secondary N) is 1. The highest BCUT2D eigenvalue weighted by molar-refractivity contribution is 6.01. The van der Waals surface area contributed by atoms with Crippen LogP contribution >= 0.6 is 0 Å². The lowest BCUT2D eigenvalue weighted by Crippen LogP contribution is -2.48. The standard InChI is InChI=1S/C25H22N2O7/c1-15-5-9-17(10-6-15)24(31)33-20(22(28)27-19-4-3-13-26-14-19)21(23(29)30)34-25(32)18-11-7-16(2)8-12-18/h3-14,20-21H,1-2H3,(H,27,28)(H,29,30)/t20-,21+/m0/s1. The number of carbonyl (C=O) groups is 4. The maximum atomic E-state index is 13.0. The molecule has 1 amide bonds. The first-order valence-corrected chi connectivity index (χ1v) is 10.2. The summed E-state index contributed by atoms with van der Waals surface area (Å²) in [6.07, 6.45) is -1.29. The molecule has 0 saturated heterocycles. The molecule has 0 aliphatic rings. The van der Waals surface area contributed by atoms with Crippen LogP contribution in [0.25, 0.3) is 0 Å². The Labute approximate surface area is 195 Å². The van der Waals surface area contributed by atoms with Crippen LogP contribution in [-0.2, 0) is 19.1 Å². The molecule has 3 rings (SSSR count). The summed E-state index contributed by atoms with van der Waals surface area (Å²) in [5.41, 5.74) is 2.18. The second-order valence-electron chi connectivity index (χ2n) is 7.45. The summed E-state index contributed by atoms with van der Waals surface area (Å²) in [4.78, 5) is 54.1. The van der Waals surface area contributed by atoms with E-state index in [1.807, 2.05) is 13.8 Å². The molecule has 2 N–H and O–H groups in total. The van der Waals surface area contributed by atoms with E-state index < -0.39 is 36.0 Å². The lowest BCUT2D eigenvalue weighted by molar-refractivity contribution is -0.157. The summed E-state index contributed by atoms with van der Waals surface area (Å²) in [5.74, 6) is -4.61. The van der Waals surface area contributed by atoms with Crippen molar-refractivity contribution in [2.45, 2.75) is 26.1 Å². The van der Waals surface area contributed by atoms with E-state index in [2.05, 4.69) is 10.3 Å². The Morgan fingerprint density at radius 3 is 1.74 bits per heavy atom. The molecule has 1 aromatic heterocycles. The smallest absolute Gasteiger partial charge is 0.349 e. The minimum atomic E-state index is -2.11. The molecular weight excluding hydrogens is 440 g/mol. The quantitative estimate of drug-likeness (QED) is 0.488. The minimum Gasteiger partial charge on any atom is -0.478 e.